The molecular formula is C26H18CuN4. The van der Waals surface area contributed by atoms with Gasteiger partial charge in [-0.1, -0.05) is 30.3 Å². The molecule has 8 bridgehead atoms. The van der Waals surface area contributed by atoms with Crippen LogP contribution in [-0.4, -0.2) is 19.9 Å². The summed E-state index contributed by atoms with van der Waals surface area (Å²) in [6, 6.07) is 25.0. The molecule has 153 valence electrons. The summed E-state index contributed by atoms with van der Waals surface area (Å²) < 4.78 is 0. The van der Waals surface area contributed by atoms with Crippen LogP contribution in [0.2, 0.25) is 0 Å². The normalized spacial score (nSPS) is 12.0. The first-order valence-corrected chi connectivity index (χ1v) is 9.92. The third kappa shape index (κ3) is 3.89. The predicted molar refractivity (Wildman–Crippen MR) is 124 cm³/mol. The van der Waals surface area contributed by atoms with E-state index in [0.29, 0.717) is 0 Å². The molecule has 3 aromatic heterocycles. The smallest absolute Gasteiger partial charge is 0.0659 e. The van der Waals surface area contributed by atoms with Crippen molar-refractivity contribution in [1.29, 1.82) is 0 Å². The summed E-state index contributed by atoms with van der Waals surface area (Å²) in [5, 5.41) is 0. The van der Waals surface area contributed by atoms with E-state index >= 15 is 0 Å². The second-order valence-electron chi connectivity index (χ2n) is 7.45. The van der Waals surface area contributed by atoms with Crippen molar-refractivity contribution >= 4 is 46.4 Å². The van der Waals surface area contributed by atoms with Crippen LogP contribution in [0.5, 0.6) is 0 Å². The number of fused-ring (bicyclic) bond motifs is 8. The fourth-order valence-electron chi connectivity index (χ4n) is 3.87. The fraction of sp³-hybridized carbons (Fsp3) is 0. The molecule has 0 spiro atoms. The van der Waals surface area contributed by atoms with Crippen LogP contribution >= 0.6 is 0 Å². The first-order chi connectivity index (χ1) is 14.8. The van der Waals surface area contributed by atoms with Crippen LogP contribution in [0.15, 0.2) is 72.8 Å². The van der Waals surface area contributed by atoms with Crippen molar-refractivity contribution in [2.75, 3.05) is 0 Å². The summed E-state index contributed by atoms with van der Waals surface area (Å²) in [5.74, 6) is 0. The van der Waals surface area contributed by atoms with Gasteiger partial charge in [-0.25, -0.2) is 9.97 Å². The van der Waals surface area contributed by atoms with Gasteiger partial charge >= 0.3 is 0 Å². The first-order valence-electron chi connectivity index (χ1n) is 9.92. The monoisotopic (exact) mass is 449 g/mol. The Hall–Kier alpha value is -3.66. The molecule has 4 nitrogen and oxygen atoms in total. The zero-order valence-corrected chi connectivity index (χ0v) is 17.4. The minimum absolute atomic E-state index is 0. The van der Waals surface area contributed by atoms with Crippen LogP contribution in [0, 0.1) is 0 Å². The van der Waals surface area contributed by atoms with Crippen LogP contribution < -0.4 is 0 Å². The quantitative estimate of drug-likeness (QED) is 0.288. The van der Waals surface area contributed by atoms with Gasteiger partial charge in [-0.2, -0.15) is 0 Å². The molecule has 6 rings (SSSR count). The number of nitrogens with zero attached hydrogens (tertiary/aromatic N) is 2. The van der Waals surface area contributed by atoms with Gasteiger partial charge < -0.3 is 9.97 Å². The number of H-pyrrole nitrogens is 2. The Labute approximate surface area is 189 Å². The van der Waals surface area contributed by atoms with Crippen molar-refractivity contribution < 1.29 is 17.1 Å². The maximum absolute atomic E-state index is 4.76. The molecule has 0 atom stereocenters. The van der Waals surface area contributed by atoms with Gasteiger partial charge in [0.25, 0.3) is 0 Å². The molecule has 0 aliphatic carbocycles. The minimum atomic E-state index is 0. The molecule has 4 aromatic rings. The molecular weight excluding hydrogens is 432 g/mol. The molecule has 5 heteroatoms. The summed E-state index contributed by atoms with van der Waals surface area (Å²) in [4.78, 5) is 16.4. The predicted octanol–water partition coefficient (Wildman–Crippen LogP) is 6.32. The van der Waals surface area contributed by atoms with E-state index in [-0.39, 0.29) is 17.1 Å². The second kappa shape index (κ2) is 7.88. The number of aromatic nitrogens is 4. The molecule has 5 heterocycles. The molecule has 1 radical (unpaired) electrons. The van der Waals surface area contributed by atoms with E-state index in [1.54, 1.807) is 0 Å². The number of hydrogen-bond donors (Lipinski definition) is 2. The zero-order valence-electron chi connectivity index (χ0n) is 16.4. The fourth-order valence-corrected chi connectivity index (χ4v) is 3.87. The van der Waals surface area contributed by atoms with E-state index in [0.717, 1.165) is 50.4 Å². The van der Waals surface area contributed by atoms with Gasteiger partial charge in [0, 0.05) is 44.7 Å². The summed E-state index contributed by atoms with van der Waals surface area (Å²) in [7, 11) is 0. The molecule has 0 unspecified atom stereocenters. The number of hydrogen-bond acceptors (Lipinski definition) is 2. The van der Waals surface area contributed by atoms with Gasteiger partial charge in [0.1, 0.15) is 0 Å². The van der Waals surface area contributed by atoms with Gasteiger partial charge in [0.15, 0.2) is 0 Å². The van der Waals surface area contributed by atoms with Gasteiger partial charge in [-0.05, 0) is 72.3 Å². The topological polar surface area (TPSA) is 57.4 Å². The van der Waals surface area contributed by atoms with E-state index in [1.165, 1.54) is 5.56 Å². The summed E-state index contributed by atoms with van der Waals surface area (Å²) in [5.41, 5.74) is 10.1. The molecule has 0 saturated heterocycles. The largest absolute Gasteiger partial charge is 0.355 e. The third-order valence-electron chi connectivity index (χ3n) is 5.25. The molecule has 2 aliphatic heterocycles. The Morgan fingerprint density at radius 3 is 1.84 bits per heavy atom. The van der Waals surface area contributed by atoms with Crippen molar-refractivity contribution in [2.45, 2.75) is 0 Å². The third-order valence-corrected chi connectivity index (χ3v) is 5.25. The molecule has 0 saturated carbocycles. The molecule has 0 fully saturated rings. The average molecular weight is 450 g/mol. The Bertz CT molecular complexity index is 1490. The Kier molecular flexibility index (Phi) is 4.91. The Balaban J connectivity index is 0.00000204. The molecule has 2 aliphatic rings. The maximum Gasteiger partial charge on any atom is 0.0659 e. The SMILES string of the molecule is C1=Cc2cc3ccc(cc4cc(-c5ccccc5)c(cc5nc(cc1n2)C=C5)[nH]4)[nH]3.[Cu]. The van der Waals surface area contributed by atoms with E-state index in [4.69, 9.17) is 4.98 Å². The Morgan fingerprint density at radius 1 is 0.516 bits per heavy atom. The Morgan fingerprint density at radius 2 is 1.13 bits per heavy atom. The number of benzene rings is 1. The van der Waals surface area contributed by atoms with Crippen LogP contribution in [0.1, 0.15) is 22.8 Å². The van der Waals surface area contributed by atoms with Crippen LogP contribution in [-0.2, 0) is 17.1 Å². The first kappa shape index (κ1) is 19.3. The second-order valence-corrected chi connectivity index (χ2v) is 7.45. The van der Waals surface area contributed by atoms with Crippen molar-refractivity contribution in [1.82, 2.24) is 19.9 Å². The summed E-state index contributed by atoms with van der Waals surface area (Å²) in [6.45, 7) is 0. The maximum atomic E-state index is 4.76. The van der Waals surface area contributed by atoms with Gasteiger partial charge in [-0.15, -0.1) is 0 Å². The minimum Gasteiger partial charge on any atom is -0.355 e. The molecule has 0 amide bonds. The zero-order chi connectivity index (χ0) is 19.9. The van der Waals surface area contributed by atoms with Crippen LogP contribution in [0.25, 0.3) is 57.5 Å². The van der Waals surface area contributed by atoms with Crippen LogP contribution in [0.4, 0.5) is 0 Å². The van der Waals surface area contributed by atoms with Gasteiger partial charge in [0.05, 0.1) is 22.8 Å². The average Bonchev–Trinajstić information content (AvgIpc) is 3.53. The molecule has 31 heavy (non-hydrogen) atoms. The van der Waals surface area contributed by atoms with Gasteiger partial charge in [0.2, 0.25) is 0 Å². The standard InChI is InChI=1S/C26H18N4.Cu/c1-2-4-17(5-3-1)25-15-24-14-22-9-8-20(28-22)12-18-6-7-19(27-18)13-21-10-11-23(29-21)16-26(25)30-24;/h1-16,28,30H;. The van der Waals surface area contributed by atoms with E-state index in [2.05, 4.69) is 69.5 Å². The van der Waals surface area contributed by atoms with E-state index in [9.17, 15) is 0 Å². The summed E-state index contributed by atoms with van der Waals surface area (Å²) >= 11 is 0. The molecule has 1 aromatic carbocycles. The van der Waals surface area contributed by atoms with Gasteiger partial charge in [-0.3, -0.25) is 0 Å². The van der Waals surface area contributed by atoms with Crippen molar-refractivity contribution in [3.63, 3.8) is 0 Å². The van der Waals surface area contributed by atoms with Crippen molar-refractivity contribution in [3.8, 4) is 11.1 Å². The number of rotatable bonds is 1. The van der Waals surface area contributed by atoms with E-state index < -0.39 is 0 Å². The van der Waals surface area contributed by atoms with Crippen LogP contribution in [0.3, 0.4) is 0 Å². The summed E-state index contributed by atoms with van der Waals surface area (Å²) in [6.07, 6.45) is 8.10. The van der Waals surface area contributed by atoms with Crippen molar-refractivity contribution in [3.05, 3.63) is 95.6 Å². The molecule has 2 N–H and O–H groups in total. The number of nitrogens with one attached hydrogen (secondary N) is 2. The van der Waals surface area contributed by atoms with E-state index in [1.807, 2.05) is 42.5 Å². The number of aromatic amines is 2. The van der Waals surface area contributed by atoms with Crippen molar-refractivity contribution in [2.24, 2.45) is 0 Å².